The Kier molecular flexibility index (Phi) is 5.75. The van der Waals surface area contributed by atoms with Crippen molar-refractivity contribution >= 4 is 35.0 Å². The van der Waals surface area contributed by atoms with Gasteiger partial charge in [0.05, 0.1) is 13.0 Å². The van der Waals surface area contributed by atoms with Crippen LogP contribution in [-0.4, -0.2) is 37.0 Å². The maximum Gasteiger partial charge on any atom is 0.250 e. The molecule has 7 heteroatoms. The number of anilines is 2. The third-order valence-corrected chi connectivity index (χ3v) is 6.67. The van der Waals surface area contributed by atoms with Crippen LogP contribution in [0.2, 0.25) is 0 Å². The van der Waals surface area contributed by atoms with Gasteiger partial charge in [0.25, 0.3) is 0 Å². The van der Waals surface area contributed by atoms with Gasteiger partial charge < -0.3 is 15.4 Å². The van der Waals surface area contributed by atoms with Gasteiger partial charge in [-0.1, -0.05) is 17.7 Å². The van der Waals surface area contributed by atoms with Crippen LogP contribution in [0.1, 0.15) is 24.0 Å². The third kappa shape index (κ3) is 3.56. The summed E-state index contributed by atoms with van der Waals surface area (Å²) in [6.07, 6.45) is 3.59. The highest BCUT2D eigenvalue weighted by Gasteiger charge is 2.59. The summed E-state index contributed by atoms with van der Waals surface area (Å²) in [7, 11) is 1.61. The second kappa shape index (κ2) is 8.32. The Balaban J connectivity index is 1.68. The zero-order valence-corrected chi connectivity index (χ0v) is 18.3. The summed E-state index contributed by atoms with van der Waals surface area (Å²) in [5.74, 6) is 0.898. The molecule has 4 rings (SSSR count). The predicted octanol–water partition coefficient (Wildman–Crippen LogP) is 3.52. The maximum absolute atomic E-state index is 13.4. The van der Waals surface area contributed by atoms with Crippen molar-refractivity contribution in [2.75, 3.05) is 29.8 Å². The number of nitrogens with one attached hydrogen (secondary N) is 3. The SMILES string of the molecule is COc1ccc(NC(=O)[C@H]2C[C@H](CCSC)N[C@@]23C(=O)Nc2ccc(C)cc23)cc1. The van der Waals surface area contributed by atoms with E-state index < -0.39 is 11.5 Å². The fourth-order valence-corrected chi connectivity index (χ4v) is 5.05. The molecule has 6 nitrogen and oxygen atoms in total. The molecule has 2 aromatic carbocycles. The van der Waals surface area contributed by atoms with Gasteiger partial charge in [0, 0.05) is 23.0 Å². The van der Waals surface area contributed by atoms with Crippen molar-refractivity contribution < 1.29 is 14.3 Å². The Morgan fingerprint density at radius 3 is 2.73 bits per heavy atom. The first-order valence-electron chi connectivity index (χ1n) is 10.1. The lowest BCUT2D eigenvalue weighted by Crippen LogP contribution is -2.52. The molecule has 30 heavy (non-hydrogen) atoms. The van der Waals surface area contributed by atoms with Crippen molar-refractivity contribution in [3.05, 3.63) is 53.6 Å². The van der Waals surface area contributed by atoms with E-state index in [4.69, 9.17) is 4.74 Å². The molecule has 2 aromatic rings. The van der Waals surface area contributed by atoms with E-state index in [0.717, 1.165) is 34.7 Å². The third-order valence-electron chi connectivity index (χ3n) is 6.03. The highest BCUT2D eigenvalue weighted by Crippen LogP contribution is 2.48. The maximum atomic E-state index is 13.4. The molecule has 2 aliphatic heterocycles. The molecule has 1 spiro atoms. The first kappa shape index (κ1) is 20.8. The molecule has 3 atom stereocenters. The first-order chi connectivity index (χ1) is 14.5. The lowest BCUT2D eigenvalue weighted by molar-refractivity contribution is -0.130. The van der Waals surface area contributed by atoms with Crippen molar-refractivity contribution in [3.8, 4) is 5.75 Å². The number of fused-ring (bicyclic) bond motifs is 2. The number of carbonyl (C=O) groups is 2. The van der Waals surface area contributed by atoms with E-state index in [1.165, 1.54) is 0 Å². The average Bonchev–Trinajstić information content (AvgIpc) is 3.26. The summed E-state index contributed by atoms with van der Waals surface area (Å²) in [5.41, 5.74) is 2.36. The van der Waals surface area contributed by atoms with E-state index >= 15 is 0 Å². The van der Waals surface area contributed by atoms with E-state index in [1.54, 1.807) is 31.0 Å². The molecule has 0 radical (unpaired) electrons. The van der Waals surface area contributed by atoms with Crippen LogP contribution in [0.4, 0.5) is 11.4 Å². The minimum Gasteiger partial charge on any atom is -0.497 e. The molecule has 3 N–H and O–H groups in total. The van der Waals surface area contributed by atoms with Crippen LogP contribution in [0.25, 0.3) is 0 Å². The summed E-state index contributed by atoms with van der Waals surface area (Å²) in [5, 5.41) is 9.57. The Morgan fingerprint density at radius 1 is 1.27 bits per heavy atom. The summed E-state index contributed by atoms with van der Waals surface area (Å²) < 4.78 is 5.19. The minimum absolute atomic E-state index is 0.0984. The number of hydrogen-bond acceptors (Lipinski definition) is 5. The molecule has 0 aliphatic carbocycles. The number of amides is 2. The zero-order valence-electron chi connectivity index (χ0n) is 17.5. The monoisotopic (exact) mass is 425 g/mol. The Bertz CT molecular complexity index is 963. The van der Waals surface area contributed by atoms with E-state index in [1.807, 2.05) is 37.3 Å². The van der Waals surface area contributed by atoms with E-state index in [0.29, 0.717) is 12.1 Å². The van der Waals surface area contributed by atoms with Gasteiger partial charge in [-0.25, -0.2) is 0 Å². The van der Waals surface area contributed by atoms with Crippen LogP contribution in [-0.2, 0) is 15.1 Å². The summed E-state index contributed by atoms with van der Waals surface area (Å²) in [6, 6.07) is 13.2. The normalized spacial score (nSPS) is 24.6. The van der Waals surface area contributed by atoms with Crippen LogP contribution in [0.15, 0.2) is 42.5 Å². The number of rotatable bonds is 6. The van der Waals surface area contributed by atoms with Gasteiger partial charge in [0.1, 0.15) is 11.3 Å². The van der Waals surface area contributed by atoms with Crippen molar-refractivity contribution in [3.63, 3.8) is 0 Å². The van der Waals surface area contributed by atoms with Crippen LogP contribution in [0.5, 0.6) is 5.75 Å². The fraction of sp³-hybridized carbons (Fsp3) is 0.391. The summed E-state index contributed by atoms with van der Waals surface area (Å²) >= 11 is 1.77. The molecular formula is C23H27N3O3S. The van der Waals surface area contributed by atoms with Crippen molar-refractivity contribution in [2.24, 2.45) is 5.92 Å². The largest absolute Gasteiger partial charge is 0.497 e. The Morgan fingerprint density at radius 2 is 2.03 bits per heavy atom. The van der Waals surface area contributed by atoms with E-state index in [2.05, 4.69) is 22.2 Å². The summed E-state index contributed by atoms with van der Waals surface area (Å²) in [6.45, 7) is 2.00. The highest BCUT2D eigenvalue weighted by molar-refractivity contribution is 7.98. The van der Waals surface area contributed by atoms with Crippen LogP contribution in [0, 0.1) is 12.8 Å². The van der Waals surface area contributed by atoms with Crippen molar-refractivity contribution in [2.45, 2.75) is 31.3 Å². The van der Waals surface area contributed by atoms with Gasteiger partial charge in [0.15, 0.2) is 0 Å². The van der Waals surface area contributed by atoms with Crippen molar-refractivity contribution in [1.82, 2.24) is 5.32 Å². The molecule has 1 fully saturated rings. The van der Waals surface area contributed by atoms with Gasteiger partial charge in [-0.05, 0) is 62.1 Å². The molecule has 0 aromatic heterocycles. The molecule has 158 valence electrons. The second-order valence-corrected chi connectivity index (χ2v) is 8.93. The topological polar surface area (TPSA) is 79.5 Å². The number of ether oxygens (including phenoxy) is 1. The number of aryl methyl sites for hydroxylation is 1. The predicted molar refractivity (Wildman–Crippen MR) is 121 cm³/mol. The molecule has 2 aliphatic rings. The van der Waals surface area contributed by atoms with Gasteiger partial charge in [0.2, 0.25) is 11.8 Å². The molecule has 0 saturated carbocycles. The molecule has 2 heterocycles. The number of hydrogen-bond donors (Lipinski definition) is 3. The lowest BCUT2D eigenvalue weighted by Gasteiger charge is -2.29. The van der Waals surface area contributed by atoms with Crippen LogP contribution >= 0.6 is 11.8 Å². The first-order valence-corrected chi connectivity index (χ1v) is 11.5. The van der Waals surface area contributed by atoms with Gasteiger partial charge in [-0.15, -0.1) is 0 Å². The smallest absolute Gasteiger partial charge is 0.250 e. The molecule has 0 bridgehead atoms. The van der Waals surface area contributed by atoms with Crippen molar-refractivity contribution in [1.29, 1.82) is 0 Å². The van der Waals surface area contributed by atoms with Gasteiger partial charge >= 0.3 is 0 Å². The molecule has 1 saturated heterocycles. The lowest BCUT2D eigenvalue weighted by atomic mass is 9.79. The fourth-order valence-electron chi connectivity index (χ4n) is 4.53. The number of thioether (sulfide) groups is 1. The molecular weight excluding hydrogens is 398 g/mol. The second-order valence-electron chi connectivity index (χ2n) is 7.94. The number of methoxy groups -OCH3 is 1. The van der Waals surface area contributed by atoms with Gasteiger partial charge in [-0.2, -0.15) is 11.8 Å². The molecule has 2 amide bonds. The standard InChI is InChI=1S/C23H27N3O3S/c1-14-4-9-20-18(12-14)23(22(28)25-20)19(13-16(26-23)10-11-30-3)21(27)24-15-5-7-17(29-2)8-6-15/h4-9,12,16,19,26H,10-11,13H2,1-3H3,(H,24,27)(H,25,28)/t16-,19+,23+/m0/s1. The molecule has 0 unspecified atom stereocenters. The van der Waals surface area contributed by atoms with Crippen LogP contribution < -0.4 is 20.7 Å². The summed E-state index contributed by atoms with van der Waals surface area (Å²) in [4.78, 5) is 26.7. The minimum atomic E-state index is -1.04. The zero-order chi connectivity index (χ0) is 21.3. The highest BCUT2D eigenvalue weighted by atomic mass is 32.2. The number of benzene rings is 2. The van der Waals surface area contributed by atoms with Gasteiger partial charge in [-0.3, -0.25) is 14.9 Å². The van der Waals surface area contributed by atoms with E-state index in [-0.39, 0.29) is 17.9 Å². The number of carbonyl (C=O) groups excluding carboxylic acids is 2. The quantitative estimate of drug-likeness (QED) is 0.660. The van der Waals surface area contributed by atoms with Crippen LogP contribution in [0.3, 0.4) is 0 Å². The Labute approximate surface area is 181 Å². The Hall–Kier alpha value is -2.51. The average molecular weight is 426 g/mol. The van der Waals surface area contributed by atoms with E-state index in [9.17, 15) is 9.59 Å².